The zero-order valence-corrected chi connectivity index (χ0v) is 16.0. The quantitative estimate of drug-likeness (QED) is 0.790. The molecule has 3 rings (SSSR count). The predicted octanol–water partition coefficient (Wildman–Crippen LogP) is 2.65. The summed E-state index contributed by atoms with van der Waals surface area (Å²) in [6.45, 7) is 4.26. The number of carbonyl (C=O) groups is 2. The number of benzene rings is 1. The minimum Gasteiger partial charge on any atom is -0.475 e. The number of halogens is 4. The normalized spacial score (nSPS) is 21.4. The van der Waals surface area contributed by atoms with Gasteiger partial charge in [0.1, 0.15) is 0 Å². The van der Waals surface area contributed by atoms with Crippen LogP contribution in [0.5, 0.6) is 0 Å². The average Bonchev–Trinajstić information content (AvgIpc) is 2.94. The van der Waals surface area contributed by atoms with E-state index in [1.54, 1.807) is 7.11 Å². The summed E-state index contributed by atoms with van der Waals surface area (Å²) in [5, 5.41) is 7.91. The number of carboxylic acid groups (broad SMARTS) is 1. The molecule has 0 radical (unpaired) electrons. The maximum absolute atomic E-state index is 12.0. The predicted molar refractivity (Wildman–Crippen MR) is 95.9 cm³/mol. The molecule has 2 saturated heterocycles. The zero-order valence-electron chi connectivity index (χ0n) is 15.3. The molecule has 2 fully saturated rings. The zero-order chi connectivity index (χ0) is 20.9. The van der Waals surface area contributed by atoms with E-state index < -0.39 is 12.1 Å². The fraction of sp³-hybridized carbons (Fsp3) is 0.556. The van der Waals surface area contributed by atoms with Crippen LogP contribution in [-0.2, 0) is 20.9 Å². The molecule has 0 bridgehead atoms. The lowest BCUT2D eigenvalue weighted by Gasteiger charge is -2.43. The van der Waals surface area contributed by atoms with Gasteiger partial charge in [0.15, 0.2) is 0 Å². The van der Waals surface area contributed by atoms with Crippen LogP contribution in [0.15, 0.2) is 24.3 Å². The van der Waals surface area contributed by atoms with Gasteiger partial charge in [0.25, 0.3) is 0 Å². The second-order valence-corrected chi connectivity index (χ2v) is 7.17. The number of fused-ring (bicyclic) bond motifs is 1. The Morgan fingerprint density at radius 1 is 1.29 bits per heavy atom. The van der Waals surface area contributed by atoms with Gasteiger partial charge in [0.2, 0.25) is 5.91 Å². The van der Waals surface area contributed by atoms with Crippen molar-refractivity contribution in [2.24, 2.45) is 5.92 Å². The van der Waals surface area contributed by atoms with E-state index in [0.717, 1.165) is 31.2 Å². The number of likely N-dealkylation sites (tertiary alicyclic amines) is 2. The highest BCUT2D eigenvalue weighted by molar-refractivity contribution is 6.30. The van der Waals surface area contributed by atoms with Crippen LogP contribution in [0.4, 0.5) is 13.2 Å². The van der Waals surface area contributed by atoms with Gasteiger partial charge in [-0.1, -0.05) is 23.7 Å². The van der Waals surface area contributed by atoms with Crippen molar-refractivity contribution in [2.45, 2.75) is 25.2 Å². The number of hydrogen-bond donors (Lipinski definition) is 1. The minimum atomic E-state index is -5.08. The summed E-state index contributed by atoms with van der Waals surface area (Å²) in [5.74, 6) is -1.91. The maximum atomic E-state index is 12.0. The number of rotatable bonds is 5. The van der Waals surface area contributed by atoms with Crippen molar-refractivity contribution < 1.29 is 32.6 Å². The second-order valence-electron chi connectivity index (χ2n) is 6.73. The van der Waals surface area contributed by atoms with E-state index >= 15 is 0 Å². The van der Waals surface area contributed by atoms with Crippen LogP contribution in [0, 0.1) is 5.92 Å². The molecular weight excluding hydrogens is 401 g/mol. The standard InChI is InChI=1S/C16H21ClN2O2.C2HF3O2/c1-21-6-5-16(20)19-10-13-9-18(15(13)11-19)8-12-3-2-4-14(17)7-12;3-2(4,5)1(6)7/h2-4,7,13,15H,5-6,8-11H2,1H3;(H,6,7). The SMILES string of the molecule is COCCC(=O)N1CC2CN(Cc3cccc(Cl)c3)C2C1.O=C(O)C(F)(F)F. The molecule has 1 amide bonds. The number of aliphatic carboxylic acids is 1. The van der Waals surface area contributed by atoms with Crippen molar-refractivity contribution in [3.05, 3.63) is 34.9 Å². The number of nitrogens with zero attached hydrogens (tertiary/aromatic N) is 2. The molecule has 0 aromatic heterocycles. The summed E-state index contributed by atoms with van der Waals surface area (Å²) in [6.07, 6.45) is -4.59. The molecule has 1 N–H and O–H groups in total. The number of carbonyl (C=O) groups excluding carboxylic acids is 1. The smallest absolute Gasteiger partial charge is 0.475 e. The number of ether oxygens (including phenoxy) is 1. The number of amides is 1. The molecule has 2 aliphatic heterocycles. The Kier molecular flexibility index (Phi) is 7.68. The van der Waals surface area contributed by atoms with Crippen LogP contribution in [0.3, 0.4) is 0 Å². The minimum absolute atomic E-state index is 0.217. The van der Waals surface area contributed by atoms with Gasteiger partial charge in [0.05, 0.1) is 13.0 Å². The van der Waals surface area contributed by atoms with Crippen LogP contribution in [0.1, 0.15) is 12.0 Å². The second kappa shape index (κ2) is 9.58. The first-order valence-electron chi connectivity index (χ1n) is 8.67. The molecule has 2 unspecified atom stereocenters. The molecule has 28 heavy (non-hydrogen) atoms. The van der Waals surface area contributed by atoms with Crippen LogP contribution in [0.25, 0.3) is 0 Å². The van der Waals surface area contributed by atoms with Crippen LogP contribution >= 0.6 is 11.6 Å². The van der Waals surface area contributed by atoms with Gasteiger partial charge in [-0.3, -0.25) is 9.69 Å². The Bertz CT molecular complexity index is 702. The van der Waals surface area contributed by atoms with Gasteiger partial charge < -0.3 is 14.7 Å². The Labute approximate surface area is 165 Å². The van der Waals surface area contributed by atoms with Crippen molar-refractivity contribution in [1.82, 2.24) is 9.80 Å². The van der Waals surface area contributed by atoms with E-state index in [1.165, 1.54) is 5.56 Å². The molecule has 2 heterocycles. The number of hydrogen-bond acceptors (Lipinski definition) is 4. The van der Waals surface area contributed by atoms with Crippen molar-refractivity contribution in [3.8, 4) is 0 Å². The van der Waals surface area contributed by atoms with Crippen molar-refractivity contribution in [2.75, 3.05) is 33.4 Å². The van der Waals surface area contributed by atoms with Gasteiger partial charge in [-0.15, -0.1) is 0 Å². The molecule has 1 aromatic carbocycles. The first-order chi connectivity index (χ1) is 13.1. The number of methoxy groups -OCH3 is 1. The molecule has 6 nitrogen and oxygen atoms in total. The molecule has 0 aliphatic carbocycles. The molecule has 156 valence electrons. The van der Waals surface area contributed by atoms with Gasteiger partial charge >= 0.3 is 12.1 Å². The lowest BCUT2D eigenvalue weighted by Crippen LogP contribution is -2.54. The van der Waals surface area contributed by atoms with E-state index in [4.69, 9.17) is 26.2 Å². The van der Waals surface area contributed by atoms with Crippen LogP contribution < -0.4 is 0 Å². The van der Waals surface area contributed by atoms with Gasteiger partial charge in [-0.05, 0) is 17.7 Å². The fourth-order valence-corrected chi connectivity index (χ4v) is 3.56. The molecular formula is C18H22ClF3N2O4. The third kappa shape index (κ3) is 6.08. The Balaban J connectivity index is 0.000000345. The summed E-state index contributed by atoms with van der Waals surface area (Å²) in [7, 11) is 1.63. The largest absolute Gasteiger partial charge is 0.490 e. The van der Waals surface area contributed by atoms with E-state index in [2.05, 4.69) is 11.0 Å². The number of alkyl halides is 3. The Hall–Kier alpha value is -1.84. The topological polar surface area (TPSA) is 70.1 Å². The first-order valence-corrected chi connectivity index (χ1v) is 9.05. The third-order valence-electron chi connectivity index (χ3n) is 4.73. The molecule has 1 aromatic rings. The number of carboxylic acids is 1. The average molecular weight is 423 g/mol. The first kappa shape index (κ1) is 22.4. The summed E-state index contributed by atoms with van der Waals surface area (Å²) in [5.41, 5.74) is 1.24. The lowest BCUT2D eigenvalue weighted by atomic mass is 9.91. The van der Waals surface area contributed by atoms with E-state index in [-0.39, 0.29) is 5.91 Å². The van der Waals surface area contributed by atoms with Gasteiger partial charge in [0, 0.05) is 50.3 Å². The summed E-state index contributed by atoms with van der Waals surface area (Å²) < 4.78 is 36.7. The van der Waals surface area contributed by atoms with Crippen molar-refractivity contribution >= 4 is 23.5 Å². The highest BCUT2D eigenvalue weighted by Crippen LogP contribution is 2.34. The van der Waals surface area contributed by atoms with E-state index in [9.17, 15) is 18.0 Å². The highest BCUT2D eigenvalue weighted by atomic mass is 35.5. The Morgan fingerprint density at radius 2 is 1.96 bits per heavy atom. The summed E-state index contributed by atoms with van der Waals surface area (Å²) in [6, 6.07) is 8.52. The van der Waals surface area contributed by atoms with Gasteiger partial charge in [-0.2, -0.15) is 13.2 Å². The Morgan fingerprint density at radius 3 is 2.54 bits per heavy atom. The highest BCUT2D eigenvalue weighted by Gasteiger charge is 2.46. The lowest BCUT2D eigenvalue weighted by molar-refractivity contribution is -0.192. The third-order valence-corrected chi connectivity index (χ3v) is 4.97. The summed E-state index contributed by atoms with van der Waals surface area (Å²) >= 11 is 6.03. The maximum Gasteiger partial charge on any atom is 0.490 e. The molecule has 0 saturated carbocycles. The van der Waals surface area contributed by atoms with Gasteiger partial charge in [-0.25, -0.2) is 4.79 Å². The molecule has 2 atom stereocenters. The molecule has 10 heteroatoms. The fourth-order valence-electron chi connectivity index (χ4n) is 3.35. The van der Waals surface area contributed by atoms with Crippen molar-refractivity contribution in [1.29, 1.82) is 0 Å². The van der Waals surface area contributed by atoms with E-state index in [1.807, 2.05) is 23.1 Å². The van der Waals surface area contributed by atoms with E-state index in [0.29, 0.717) is 25.0 Å². The monoisotopic (exact) mass is 422 g/mol. The van der Waals surface area contributed by atoms with Crippen LogP contribution in [-0.4, -0.2) is 72.4 Å². The molecule has 0 spiro atoms. The summed E-state index contributed by atoms with van der Waals surface area (Å²) in [4.78, 5) is 25.4. The van der Waals surface area contributed by atoms with Crippen molar-refractivity contribution in [3.63, 3.8) is 0 Å². The molecule has 2 aliphatic rings. The van der Waals surface area contributed by atoms with Crippen LogP contribution in [0.2, 0.25) is 5.02 Å².